The summed E-state index contributed by atoms with van der Waals surface area (Å²) in [5, 5.41) is 0.337. The van der Waals surface area contributed by atoms with Crippen LogP contribution < -0.4 is 26.0 Å². The van der Waals surface area contributed by atoms with Crippen molar-refractivity contribution < 1.29 is 22.5 Å². The number of ether oxygens (including phenoxy) is 1. The molecule has 1 amide bonds. The van der Waals surface area contributed by atoms with Crippen LogP contribution in [0.3, 0.4) is 0 Å². The number of benzene rings is 2. The van der Waals surface area contributed by atoms with E-state index in [0.717, 1.165) is 5.69 Å². The van der Waals surface area contributed by atoms with Gasteiger partial charge < -0.3 is 21.1 Å². The lowest BCUT2D eigenvalue weighted by molar-refractivity contribution is -0.120. The lowest BCUT2D eigenvalue weighted by Gasteiger charge is -2.38. The predicted octanol–water partition coefficient (Wildman–Crippen LogP) is 2.46. The second-order valence-corrected chi connectivity index (χ2v) is 9.98. The number of likely N-dealkylation sites (N-methyl/N-ethyl adjacent to an activating group) is 1. The van der Waals surface area contributed by atoms with Gasteiger partial charge in [-0.3, -0.25) is 14.2 Å². The van der Waals surface area contributed by atoms with Gasteiger partial charge in [0.15, 0.2) is 6.61 Å². The number of carbonyl (C=O) groups is 1. The summed E-state index contributed by atoms with van der Waals surface area (Å²) in [5.41, 5.74) is 12.5. The molecule has 2 aromatic carbocycles. The van der Waals surface area contributed by atoms with Crippen molar-refractivity contribution in [1.82, 2.24) is 0 Å². The van der Waals surface area contributed by atoms with Gasteiger partial charge in [0, 0.05) is 18.4 Å². The predicted molar refractivity (Wildman–Crippen MR) is 139 cm³/mol. The van der Waals surface area contributed by atoms with E-state index < -0.39 is 15.8 Å². The van der Waals surface area contributed by atoms with Crippen LogP contribution in [0.15, 0.2) is 58.5 Å². The van der Waals surface area contributed by atoms with Crippen molar-refractivity contribution in [3.63, 3.8) is 0 Å². The molecule has 1 aliphatic rings. The number of halogens is 1. The van der Waals surface area contributed by atoms with Gasteiger partial charge in [-0.1, -0.05) is 29.8 Å². The van der Waals surface area contributed by atoms with E-state index in [1.807, 2.05) is 44.2 Å². The number of nitrogens with two attached hydrogens (primary N) is 2. The zero-order valence-electron chi connectivity index (χ0n) is 19.8. The fourth-order valence-corrected chi connectivity index (χ4v) is 3.26. The van der Waals surface area contributed by atoms with E-state index >= 15 is 0 Å². The number of amides is 1. The third-order valence-corrected chi connectivity index (χ3v) is 5.83. The van der Waals surface area contributed by atoms with Crippen LogP contribution in [-0.2, 0) is 14.9 Å². The van der Waals surface area contributed by atoms with Crippen molar-refractivity contribution in [3.8, 4) is 5.75 Å². The minimum absolute atomic E-state index is 0.121. The summed E-state index contributed by atoms with van der Waals surface area (Å²) in [7, 11) is -1.97. The lowest BCUT2D eigenvalue weighted by atomic mass is 10.1. The van der Waals surface area contributed by atoms with Gasteiger partial charge >= 0.3 is 0 Å². The summed E-state index contributed by atoms with van der Waals surface area (Å²) < 4.78 is 32.5. The van der Waals surface area contributed by atoms with Crippen LogP contribution in [0.5, 0.6) is 5.75 Å². The van der Waals surface area contributed by atoms with Crippen molar-refractivity contribution in [1.29, 1.82) is 0 Å². The topological polar surface area (TPSA) is 164 Å². The molecular formula is C22H29ClN6O5S. The van der Waals surface area contributed by atoms with Crippen LogP contribution in [0.1, 0.15) is 20.8 Å². The molecule has 3 rings (SSSR count). The van der Waals surface area contributed by atoms with Gasteiger partial charge in [0.1, 0.15) is 11.4 Å². The highest BCUT2D eigenvalue weighted by molar-refractivity contribution is 7.85. The largest absolute Gasteiger partial charge is 0.482 e. The molecule has 0 aliphatic carbocycles. The summed E-state index contributed by atoms with van der Waals surface area (Å²) in [4.78, 5) is 24.0. The first-order valence-electron chi connectivity index (χ1n) is 10.4. The SMILES string of the molecule is CCS(=O)(=O)O.CN(C(=O)COc1ccc(N2C(N)=NC(N)=NC2(C)C)cc1Cl)c1ccccc1. The molecule has 2 aromatic rings. The number of carbonyl (C=O) groups excluding carboxylic acids is 1. The van der Waals surface area contributed by atoms with Crippen molar-refractivity contribution in [2.75, 3.05) is 29.2 Å². The average molecular weight is 525 g/mol. The Morgan fingerprint density at radius 1 is 1.20 bits per heavy atom. The molecule has 0 aromatic heterocycles. The van der Waals surface area contributed by atoms with Gasteiger partial charge in [-0.25, -0.2) is 4.99 Å². The van der Waals surface area contributed by atoms with Gasteiger partial charge in [-0.15, -0.1) is 0 Å². The number of hydrogen-bond donors (Lipinski definition) is 3. The minimum Gasteiger partial charge on any atom is -0.482 e. The molecule has 35 heavy (non-hydrogen) atoms. The van der Waals surface area contributed by atoms with E-state index in [9.17, 15) is 13.2 Å². The standard InChI is InChI=1S/C20H23ClN6O2.C2H6O3S/c1-20(2)25-18(22)24-19(23)27(20)14-9-10-16(15(21)11-14)29-12-17(28)26(3)13-7-5-4-6-8-13;1-2-6(3,4)5/h4-11H,12H2,1-3H3,(H4,22,23,24,25);2H2,1H3,(H,3,4,5). The van der Waals surface area contributed by atoms with E-state index in [1.165, 1.54) is 11.8 Å². The van der Waals surface area contributed by atoms with Gasteiger partial charge in [0.05, 0.1) is 10.8 Å². The van der Waals surface area contributed by atoms with Crippen LogP contribution in [0.4, 0.5) is 11.4 Å². The maximum Gasteiger partial charge on any atom is 0.264 e. The van der Waals surface area contributed by atoms with Crippen molar-refractivity contribution in [2.45, 2.75) is 26.4 Å². The molecule has 13 heteroatoms. The molecule has 0 atom stereocenters. The third kappa shape index (κ3) is 7.84. The Hall–Kier alpha value is -3.35. The van der Waals surface area contributed by atoms with Gasteiger partial charge in [-0.2, -0.15) is 13.4 Å². The Kier molecular flexibility index (Phi) is 9.07. The van der Waals surface area contributed by atoms with Gasteiger partial charge in [-0.05, 0) is 51.1 Å². The molecule has 5 N–H and O–H groups in total. The molecule has 0 radical (unpaired) electrons. The zero-order valence-corrected chi connectivity index (χ0v) is 21.4. The highest BCUT2D eigenvalue weighted by Crippen LogP contribution is 2.33. The first-order chi connectivity index (χ1) is 16.2. The number of hydrogen-bond acceptors (Lipinski definition) is 9. The molecule has 0 spiro atoms. The highest BCUT2D eigenvalue weighted by atomic mass is 35.5. The Bertz CT molecular complexity index is 1220. The van der Waals surface area contributed by atoms with Crippen LogP contribution >= 0.6 is 11.6 Å². The Labute approximate surface area is 209 Å². The molecule has 1 heterocycles. The number of aliphatic imine (C=N–C) groups is 2. The van der Waals surface area contributed by atoms with Crippen molar-refractivity contribution in [2.24, 2.45) is 21.5 Å². The Morgan fingerprint density at radius 3 is 2.31 bits per heavy atom. The zero-order chi connectivity index (χ0) is 26.4. The van der Waals surface area contributed by atoms with Crippen LogP contribution in [0.2, 0.25) is 5.02 Å². The average Bonchev–Trinajstić information content (AvgIpc) is 2.77. The second-order valence-electron chi connectivity index (χ2n) is 7.83. The monoisotopic (exact) mass is 524 g/mol. The third-order valence-electron chi connectivity index (χ3n) is 4.80. The van der Waals surface area contributed by atoms with Gasteiger partial charge in [0.2, 0.25) is 11.9 Å². The molecule has 0 saturated carbocycles. The van der Waals surface area contributed by atoms with Crippen LogP contribution in [0.25, 0.3) is 0 Å². The number of nitrogens with zero attached hydrogens (tertiary/aromatic N) is 4. The number of para-hydroxylation sites is 1. The summed E-state index contributed by atoms with van der Waals surface area (Å²) in [6, 6.07) is 14.5. The molecule has 11 nitrogen and oxygen atoms in total. The van der Waals surface area contributed by atoms with E-state index in [1.54, 1.807) is 30.1 Å². The summed E-state index contributed by atoms with van der Waals surface area (Å²) in [5.74, 6) is 0.323. The Balaban J connectivity index is 0.000000641. The van der Waals surface area contributed by atoms with E-state index in [0.29, 0.717) is 16.5 Å². The highest BCUT2D eigenvalue weighted by Gasteiger charge is 2.33. The van der Waals surface area contributed by atoms with Gasteiger partial charge in [0.25, 0.3) is 16.0 Å². The fraction of sp³-hybridized carbons (Fsp3) is 0.318. The fourth-order valence-electron chi connectivity index (χ4n) is 3.03. The molecular weight excluding hydrogens is 496 g/mol. The summed E-state index contributed by atoms with van der Waals surface area (Å²) in [6.07, 6.45) is 0. The molecule has 190 valence electrons. The van der Waals surface area contributed by atoms with Crippen molar-refractivity contribution in [3.05, 3.63) is 53.6 Å². The van der Waals surface area contributed by atoms with E-state index in [2.05, 4.69) is 9.98 Å². The van der Waals surface area contributed by atoms with E-state index in [-0.39, 0.29) is 30.2 Å². The Morgan fingerprint density at radius 2 is 1.80 bits per heavy atom. The maximum atomic E-state index is 12.4. The molecule has 0 bridgehead atoms. The molecule has 0 unspecified atom stereocenters. The van der Waals surface area contributed by atoms with Crippen LogP contribution in [0, 0.1) is 0 Å². The minimum atomic E-state index is -3.66. The molecule has 1 aliphatic heterocycles. The maximum absolute atomic E-state index is 12.4. The summed E-state index contributed by atoms with van der Waals surface area (Å²) in [6.45, 7) is 4.94. The molecule has 0 fully saturated rings. The first-order valence-corrected chi connectivity index (χ1v) is 12.4. The first kappa shape index (κ1) is 27.9. The van der Waals surface area contributed by atoms with E-state index in [4.69, 9.17) is 32.4 Å². The number of rotatable bonds is 6. The summed E-state index contributed by atoms with van der Waals surface area (Å²) >= 11 is 6.38. The quantitative estimate of drug-likeness (QED) is 0.485. The van der Waals surface area contributed by atoms with Crippen molar-refractivity contribution >= 4 is 50.9 Å². The lowest BCUT2D eigenvalue weighted by Crippen LogP contribution is -2.54. The van der Waals surface area contributed by atoms with Crippen LogP contribution in [-0.4, -0.2) is 55.9 Å². The molecule has 0 saturated heterocycles. The smallest absolute Gasteiger partial charge is 0.264 e. The normalized spacial score (nSPS) is 14.7. The second kappa shape index (κ2) is 11.4. The number of guanidine groups is 2. The number of anilines is 2.